The molecule has 1 heterocycles. The molecule has 0 bridgehead atoms. The Labute approximate surface area is 105 Å². The van der Waals surface area contributed by atoms with Crippen molar-refractivity contribution in [3.63, 3.8) is 0 Å². The van der Waals surface area contributed by atoms with E-state index in [2.05, 4.69) is 10.3 Å². The maximum absolute atomic E-state index is 13.8. The van der Waals surface area contributed by atoms with Gasteiger partial charge in [0.25, 0.3) is 0 Å². The van der Waals surface area contributed by atoms with Crippen molar-refractivity contribution in [2.24, 2.45) is 0 Å². The molecule has 2 aromatic rings. The van der Waals surface area contributed by atoms with Gasteiger partial charge in [-0.15, -0.1) is 0 Å². The average molecular weight is 248 g/mol. The van der Waals surface area contributed by atoms with Crippen LogP contribution < -0.4 is 5.32 Å². The minimum absolute atomic E-state index is 0.374. The number of aromatic nitrogens is 1. The van der Waals surface area contributed by atoms with Crippen LogP contribution in [0.1, 0.15) is 11.1 Å². The lowest BCUT2D eigenvalue weighted by molar-refractivity contribution is 0.579. The van der Waals surface area contributed by atoms with Crippen molar-refractivity contribution in [1.82, 2.24) is 10.3 Å². The van der Waals surface area contributed by atoms with E-state index in [0.29, 0.717) is 23.2 Å². The molecule has 94 valence electrons. The van der Waals surface area contributed by atoms with Crippen LogP contribution in [0.3, 0.4) is 0 Å². The molecule has 0 aliphatic carbocycles. The van der Waals surface area contributed by atoms with Gasteiger partial charge in [0.2, 0.25) is 0 Å². The molecule has 0 amide bonds. The van der Waals surface area contributed by atoms with Crippen molar-refractivity contribution in [1.29, 1.82) is 0 Å². The van der Waals surface area contributed by atoms with Crippen LogP contribution in [0.25, 0.3) is 11.1 Å². The lowest BCUT2D eigenvalue weighted by Crippen LogP contribution is -2.05. The van der Waals surface area contributed by atoms with Crippen molar-refractivity contribution < 1.29 is 8.78 Å². The third-order valence-electron chi connectivity index (χ3n) is 2.74. The first-order valence-electron chi connectivity index (χ1n) is 5.66. The minimum Gasteiger partial charge on any atom is -0.316 e. The van der Waals surface area contributed by atoms with Gasteiger partial charge in [-0.25, -0.2) is 8.78 Å². The summed E-state index contributed by atoms with van der Waals surface area (Å²) in [5.41, 5.74) is 2.41. The SMILES string of the molecule is CNCc1cncc(-c2cc(C)c(F)cc2F)c1. The van der Waals surface area contributed by atoms with Crippen molar-refractivity contribution in [2.75, 3.05) is 7.05 Å². The Morgan fingerprint density at radius 3 is 2.61 bits per heavy atom. The Balaban J connectivity index is 2.48. The third-order valence-corrected chi connectivity index (χ3v) is 2.74. The highest BCUT2D eigenvalue weighted by Crippen LogP contribution is 2.25. The fourth-order valence-corrected chi connectivity index (χ4v) is 1.81. The highest BCUT2D eigenvalue weighted by atomic mass is 19.1. The number of nitrogens with zero attached hydrogens (tertiary/aromatic N) is 1. The third kappa shape index (κ3) is 2.54. The molecular formula is C14H14F2N2. The Morgan fingerprint density at radius 2 is 1.89 bits per heavy atom. The highest BCUT2D eigenvalue weighted by Gasteiger charge is 2.10. The Hall–Kier alpha value is -1.81. The summed E-state index contributed by atoms with van der Waals surface area (Å²) in [6.45, 7) is 2.27. The Bertz CT molecular complexity index is 568. The van der Waals surface area contributed by atoms with Gasteiger partial charge >= 0.3 is 0 Å². The highest BCUT2D eigenvalue weighted by molar-refractivity contribution is 5.64. The summed E-state index contributed by atoms with van der Waals surface area (Å²) in [6.07, 6.45) is 3.29. The number of nitrogens with one attached hydrogen (secondary N) is 1. The van der Waals surface area contributed by atoms with Crippen LogP contribution in [-0.2, 0) is 6.54 Å². The molecule has 1 N–H and O–H groups in total. The Morgan fingerprint density at radius 1 is 1.11 bits per heavy atom. The molecule has 0 saturated heterocycles. The fourth-order valence-electron chi connectivity index (χ4n) is 1.81. The van der Waals surface area contributed by atoms with Gasteiger partial charge in [-0.3, -0.25) is 4.98 Å². The molecular weight excluding hydrogens is 234 g/mol. The summed E-state index contributed by atoms with van der Waals surface area (Å²) in [4.78, 5) is 4.07. The largest absolute Gasteiger partial charge is 0.316 e. The number of pyridine rings is 1. The van der Waals surface area contributed by atoms with Crippen LogP contribution in [0, 0.1) is 18.6 Å². The predicted octanol–water partition coefficient (Wildman–Crippen LogP) is 3.05. The van der Waals surface area contributed by atoms with E-state index in [-0.39, 0.29) is 0 Å². The van der Waals surface area contributed by atoms with E-state index in [4.69, 9.17) is 0 Å². The normalized spacial score (nSPS) is 10.7. The number of benzene rings is 1. The molecule has 18 heavy (non-hydrogen) atoms. The standard InChI is InChI=1S/C14H14F2N2/c1-9-3-12(14(16)5-13(9)15)11-4-10(6-17-2)7-18-8-11/h3-5,7-8,17H,6H2,1-2H3. The van der Waals surface area contributed by atoms with Crippen molar-refractivity contribution >= 4 is 0 Å². The smallest absolute Gasteiger partial charge is 0.134 e. The second-order valence-corrected chi connectivity index (χ2v) is 4.19. The van der Waals surface area contributed by atoms with E-state index >= 15 is 0 Å². The lowest BCUT2D eigenvalue weighted by atomic mass is 10.0. The molecule has 0 aliphatic heterocycles. The fraction of sp³-hybridized carbons (Fsp3) is 0.214. The number of aryl methyl sites for hydroxylation is 1. The first kappa shape index (κ1) is 12.6. The van der Waals surface area contributed by atoms with E-state index in [1.54, 1.807) is 19.3 Å². The van der Waals surface area contributed by atoms with E-state index in [1.807, 2.05) is 13.1 Å². The van der Waals surface area contributed by atoms with Gasteiger partial charge in [0.05, 0.1) is 0 Å². The van der Waals surface area contributed by atoms with Crippen molar-refractivity contribution in [2.45, 2.75) is 13.5 Å². The van der Waals surface area contributed by atoms with Crippen LogP contribution in [0.4, 0.5) is 8.78 Å². The maximum Gasteiger partial charge on any atom is 0.134 e. The molecule has 1 aromatic carbocycles. The molecule has 0 atom stereocenters. The maximum atomic E-state index is 13.8. The summed E-state index contributed by atoms with van der Waals surface area (Å²) < 4.78 is 27.0. The molecule has 1 aromatic heterocycles. The van der Waals surface area contributed by atoms with Crippen LogP contribution in [0.2, 0.25) is 0 Å². The molecule has 0 radical (unpaired) electrons. The lowest BCUT2D eigenvalue weighted by Gasteiger charge is -2.07. The van der Waals surface area contributed by atoms with E-state index < -0.39 is 11.6 Å². The molecule has 0 fully saturated rings. The van der Waals surface area contributed by atoms with Crippen LogP contribution in [0.5, 0.6) is 0 Å². The summed E-state index contributed by atoms with van der Waals surface area (Å²) in [5, 5.41) is 3.00. The molecule has 0 saturated carbocycles. The quantitative estimate of drug-likeness (QED) is 0.903. The molecule has 4 heteroatoms. The van der Waals surface area contributed by atoms with E-state index in [1.165, 1.54) is 6.07 Å². The zero-order valence-corrected chi connectivity index (χ0v) is 10.3. The Kier molecular flexibility index (Phi) is 3.67. The first-order valence-corrected chi connectivity index (χ1v) is 5.66. The van der Waals surface area contributed by atoms with Crippen LogP contribution >= 0.6 is 0 Å². The predicted molar refractivity (Wildman–Crippen MR) is 67.1 cm³/mol. The van der Waals surface area contributed by atoms with Gasteiger partial charge in [-0.05, 0) is 37.2 Å². The number of hydrogen-bond donors (Lipinski definition) is 1. The molecule has 0 unspecified atom stereocenters. The van der Waals surface area contributed by atoms with Gasteiger partial charge in [0.1, 0.15) is 11.6 Å². The topological polar surface area (TPSA) is 24.9 Å². The van der Waals surface area contributed by atoms with Gasteiger partial charge in [0, 0.05) is 36.1 Å². The summed E-state index contributed by atoms with van der Waals surface area (Å²) in [6, 6.07) is 4.26. The van der Waals surface area contributed by atoms with E-state index in [9.17, 15) is 8.78 Å². The molecule has 0 aliphatic rings. The summed E-state index contributed by atoms with van der Waals surface area (Å²) >= 11 is 0. The van der Waals surface area contributed by atoms with Crippen LogP contribution in [0.15, 0.2) is 30.6 Å². The van der Waals surface area contributed by atoms with Gasteiger partial charge in [-0.1, -0.05) is 0 Å². The van der Waals surface area contributed by atoms with Gasteiger partial charge < -0.3 is 5.32 Å². The van der Waals surface area contributed by atoms with E-state index in [0.717, 1.165) is 11.6 Å². The van der Waals surface area contributed by atoms with Gasteiger partial charge in [-0.2, -0.15) is 0 Å². The number of hydrogen-bond acceptors (Lipinski definition) is 2. The van der Waals surface area contributed by atoms with Gasteiger partial charge in [0.15, 0.2) is 0 Å². The zero-order chi connectivity index (χ0) is 13.1. The monoisotopic (exact) mass is 248 g/mol. The molecule has 2 rings (SSSR count). The second-order valence-electron chi connectivity index (χ2n) is 4.19. The summed E-state index contributed by atoms with van der Waals surface area (Å²) in [7, 11) is 1.83. The number of rotatable bonds is 3. The van der Waals surface area contributed by atoms with Crippen molar-refractivity contribution in [3.05, 3.63) is 53.4 Å². The van der Waals surface area contributed by atoms with Crippen molar-refractivity contribution in [3.8, 4) is 11.1 Å². The molecule has 2 nitrogen and oxygen atoms in total. The number of halogens is 2. The first-order chi connectivity index (χ1) is 8.61. The molecule has 0 spiro atoms. The van der Waals surface area contributed by atoms with Crippen LogP contribution in [-0.4, -0.2) is 12.0 Å². The minimum atomic E-state index is -0.568. The zero-order valence-electron chi connectivity index (χ0n) is 10.3. The second kappa shape index (κ2) is 5.23. The summed E-state index contributed by atoms with van der Waals surface area (Å²) in [5.74, 6) is -1.10. The average Bonchev–Trinajstić information content (AvgIpc) is 2.34.